The van der Waals surface area contributed by atoms with Gasteiger partial charge in [0.1, 0.15) is 0 Å². The van der Waals surface area contributed by atoms with Gasteiger partial charge in [-0.15, -0.1) is 0 Å². The molecule has 1 aliphatic carbocycles. The molecule has 0 bridgehead atoms. The van der Waals surface area contributed by atoms with E-state index in [0.717, 1.165) is 12.8 Å². The molecule has 11 heavy (non-hydrogen) atoms. The van der Waals surface area contributed by atoms with Crippen molar-refractivity contribution in [1.29, 1.82) is 0 Å². The first-order valence-corrected chi connectivity index (χ1v) is 4.25. The first-order valence-electron chi connectivity index (χ1n) is 4.25. The maximum atomic E-state index is 10.9. The third kappa shape index (κ3) is 2.50. The summed E-state index contributed by atoms with van der Waals surface area (Å²) in [6, 6.07) is 0. The van der Waals surface area contributed by atoms with E-state index in [1.807, 2.05) is 0 Å². The SMILES string of the molecule is NCCCC(C(N)=O)C1CC1. The van der Waals surface area contributed by atoms with Crippen molar-refractivity contribution in [1.82, 2.24) is 0 Å². The van der Waals surface area contributed by atoms with Crippen molar-refractivity contribution in [3.63, 3.8) is 0 Å². The summed E-state index contributed by atoms with van der Waals surface area (Å²) in [5, 5.41) is 0. The van der Waals surface area contributed by atoms with Gasteiger partial charge in [-0.25, -0.2) is 0 Å². The fraction of sp³-hybridized carbons (Fsp3) is 0.875. The number of nitrogens with two attached hydrogens (primary N) is 2. The van der Waals surface area contributed by atoms with E-state index >= 15 is 0 Å². The van der Waals surface area contributed by atoms with Gasteiger partial charge in [0.15, 0.2) is 0 Å². The molecular weight excluding hydrogens is 140 g/mol. The van der Waals surface area contributed by atoms with E-state index in [1.165, 1.54) is 12.8 Å². The summed E-state index contributed by atoms with van der Waals surface area (Å²) >= 11 is 0. The van der Waals surface area contributed by atoms with Crippen LogP contribution in [0, 0.1) is 11.8 Å². The van der Waals surface area contributed by atoms with Gasteiger partial charge in [0, 0.05) is 5.92 Å². The fourth-order valence-electron chi connectivity index (χ4n) is 1.45. The summed E-state index contributed by atoms with van der Waals surface area (Å²) in [7, 11) is 0. The van der Waals surface area contributed by atoms with Crippen LogP contribution in [0.15, 0.2) is 0 Å². The van der Waals surface area contributed by atoms with Gasteiger partial charge in [-0.2, -0.15) is 0 Å². The first kappa shape index (κ1) is 8.53. The van der Waals surface area contributed by atoms with Gasteiger partial charge < -0.3 is 11.5 Å². The van der Waals surface area contributed by atoms with Crippen molar-refractivity contribution < 1.29 is 4.79 Å². The van der Waals surface area contributed by atoms with E-state index in [2.05, 4.69) is 0 Å². The van der Waals surface area contributed by atoms with Crippen molar-refractivity contribution in [3.05, 3.63) is 0 Å². The minimum Gasteiger partial charge on any atom is -0.369 e. The molecule has 0 saturated heterocycles. The monoisotopic (exact) mass is 156 g/mol. The normalized spacial score (nSPS) is 19.7. The predicted molar refractivity (Wildman–Crippen MR) is 43.7 cm³/mol. The molecule has 1 aliphatic rings. The van der Waals surface area contributed by atoms with Crippen LogP contribution in [0.1, 0.15) is 25.7 Å². The molecule has 0 aliphatic heterocycles. The molecule has 1 atom stereocenters. The van der Waals surface area contributed by atoms with Crippen LogP contribution in [0.25, 0.3) is 0 Å². The maximum Gasteiger partial charge on any atom is 0.220 e. The molecule has 0 spiro atoms. The Morgan fingerprint density at radius 2 is 2.18 bits per heavy atom. The third-order valence-electron chi connectivity index (χ3n) is 2.28. The summed E-state index contributed by atoms with van der Waals surface area (Å²) in [6.45, 7) is 0.663. The number of rotatable bonds is 5. The standard InChI is InChI=1S/C8H16N2O/c9-5-1-2-7(8(10)11)6-3-4-6/h6-7H,1-5,9H2,(H2,10,11). The summed E-state index contributed by atoms with van der Waals surface area (Å²) in [5.41, 5.74) is 10.6. The van der Waals surface area contributed by atoms with Crippen LogP contribution in [0.3, 0.4) is 0 Å². The zero-order valence-corrected chi connectivity index (χ0v) is 6.75. The van der Waals surface area contributed by atoms with Gasteiger partial charge >= 0.3 is 0 Å². The molecule has 3 heteroatoms. The second-order valence-corrected chi connectivity index (χ2v) is 3.28. The van der Waals surface area contributed by atoms with E-state index in [9.17, 15) is 4.79 Å². The minimum atomic E-state index is -0.138. The zero-order chi connectivity index (χ0) is 8.27. The Kier molecular flexibility index (Phi) is 2.88. The van der Waals surface area contributed by atoms with Crippen molar-refractivity contribution in [2.24, 2.45) is 23.3 Å². The highest BCUT2D eigenvalue weighted by Crippen LogP contribution is 2.38. The lowest BCUT2D eigenvalue weighted by atomic mass is 9.97. The number of carbonyl (C=O) groups excluding carboxylic acids is 1. The van der Waals surface area contributed by atoms with Crippen molar-refractivity contribution in [2.45, 2.75) is 25.7 Å². The van der Waals surface area contributed by atoms with Crippen LogP contribution in [-0.2, 0) is 4.79 Å². The van der Waals surface area contributed by atoms with Crippen LogP contribution in [-0.4, -0.2) is 12.5 Å². The minimum absolute atomic E-state index is 0.110. The third-order valence-corrected chi connectivity index (χ3v) is 2.28. The molecule has 0 aromatic carbocycles. The molecule has 0 aromatic rings. The average molecular weight is 156 g/mol. The topological polar surface area (TPSA) is 69.1 Å². The maximum absolute atomic E-state index is 10.9. The van der Waals surface area contributed by atoms with E-state index in [4.69, 9.17) is 11.5 Å². The molecule has 1 fully saturated rings. The molecule has 4 N–H and O–H groups in total. The molecule has 0 aromatic heterocycles. The Bertz CT molecular complexity index is 143. The molecule has 1 rings (SSSR count). The van der Waals surface area contributed by atoms with Crippen molar-refractivity contribution >= 4 is 5.91 Å². The summed E-state index contributed by atoms with van der Waals surface area (Å²) < 4.78 is 0. The first-order chi connectivity index (χ1) is 5.25. The van der Waals surface area contributed by atoms with E-state index in [0.29, 0.717) is 12.5 Å². The Morgan fingerprint density at radius 1 is 1.55 bits per heavy atom. The lowest BCUT2D eigenvalue weighted by molar-refractivity contribution is -0.122. The lowest BCUT2D eigenvalue weighted by Gasteiger charge is -2.10. The highest BCUT2D eigenvalue weighted by atomic mass is 16.1. The van der Waals surface area contributed by atoms with Gasteiger partial charge in [0.05, 0.1) is 0 Å². The second kappa shape index (κ2) is 3.72. The molecule has 1 saturated carbocycles. The highest BCUT2D eigenvalue weighted by molar-refractivity contribution is 5.77. The molecule has 1 amide bonds. The Labute approximate surface area is 67.1 Å². The lowest BCUT2D eigenvalue weighted by Crippen LogP contribution is -2.25. The molecule has 1 unspecified atom stereocenters. The highest BCUT2D eigenvalue weighted by Gasteiger charge is 2.33. The second-order valence-electron chi connectivity index (χ2n) is 3.28. The van der Waals surface area contributed by atoms with Crippen LogP contribution >= 0.6 is 0 Å². The van der Waals surface area contributed by atoms with Crippen LogP contribution in [0.4, 0.5) is 0 Å². The van der Waals surface area contributed by atoms with Gasteiger partial charge in [0.2, 0.25) is 5.91 Å². The summed E-state index contributed by atoms with van der Waals surface area (Å²) in [5.74, 6) is 0.554. The van der Waals surface area contributed by atoms with Crippen LogP contribution in [0.5, 0.6) is 0 Å². The predicted octanol–water partition coefficient (Wildman–Crippen LogP) is 0.237. The Hall–Kier alpha value is -0.570. The van der Waals surface area contributed by atoms with Gasteiger partial charge in [-0.1, -0.05) is 0 Å². The Balaban J connectivity index is 2.26. The largest absolute Gasteiger partial charge is 0.369 e. The van der Waals surface area contributed by atoms with Crippen molar-refractivity contribution in [3.8, 4) is 0 Å². The van der Waals surface area contributed by atoms with Crippen LogP contribution < -0.4 is 11.5 Å². The summed E-state index contributed by atoms with van der Waals surface area (Å²) in [4.78, 5) is 10.9. The molecular formula is C8H16N2O. The molecule has 0 heterocycles. The van der Waals surface area contributed by atoms with E-state index in [-0.39, 0.29) is 11.8 Å². The number of hydrogen-bond donors (Lipinski definition) is 2. The number of hydrogen-bond acceptors (Lipinski definition) is 2. The van der Waals surface area contributed by atoms with Crippen LogP contribution in [0.2, 0.25) is 0 Å². The van der Waals surface area contributed by atoms with Gasteiger partial charge in [-0.05, 0) is 38.1 Å². The molecule has 64 valence electrons. The number of primary amides is 1. The molecule has 0 radical (unpaired) electrons. The number of amides is 1. The fourth-order valence-corrected chi connectivity index (χ4v) is 1.45. The Morgan fingerprint density at radius 3 is 2.55 bits per heavy atom. The summed E-state index contributed by atoms with van der Waals surface area (Å²) in [6.07, 6.45) is 4.16. The van der Waals surface area contributed by atoms with Crippen molar-refractivity contribution in [2.75, 3.05) is 6.54 Å². The molecule has 3 nitrogen and oxygen atoms in total. The van der Waals surface area contributed by atoms with E-state index in [1.54, 1.807) is 0 Å². The number of carbonyl (C=O) groups is 1. The average Bonchev–Trinajstić information content (AvgIpc) is 2.71. The van der Waals surface area contributed by atoms with Gasteiger partial charge in [-0.3, -0.25) is 4.79 Å². The smallest absolute Gasteiger partial charge is 0.220 e. The van der Waals surface area contributed by atoms with Gasteiger partial charge in [0.25, 0.3) is 0 Å². The quantitative estimate of drug-likeness (QED) is 0.598. The zero-order valence-electron chi connectivity index (χ0n) is 6.75. The van der Waals surface area contributed by atoms with E-state index < -0.39 is 0 Å².